The van der Waals surface area contributed by atoms with Crippen LogP contribution in [0, 0.1) is 0 Å². The lowest BCUT2D eigenvalue weighted by Crippen LogP contribution is -2.44. The molecule has 1 saturated carbocycles. The molecule has 0 amide bonds. The van der Waals surface area contributed by atoms with E-state index >= 15 is 0 Å². The fourth-order valence-electron chi connectivity index (χ4n) is 4.41. The fraction of sp³-hybridized carbons (Fsp3) is 0.333. The predicted molar refractivity (Wildman–Crippen MR) is 102 cm³/mol. The van der Waals surface area contributed by atoms with Gasteiger partial charge in [0.05, 0.1) is 28.6 Å². The first-order chi connectivity index (χ1) is 12.9. The molecule has 2 aromatic heterocycles. The maximum Gasteiger partial charge on any atom is 0.124 e. The summed E-state index contributed by atoms with van der Waals surface area (Å²) in [6.45, 7) is 3.19. The third-order valence-electron chi connectivity index (χ3n) is 6.09. The van der Waals surface area contributed by atoms with Gasteiger partial charge in [-0.2, -0.15) is 0 Å². The summed E-state index contributed by atoms with van der Waals surface area (Å²) in [6.07, 6.45) is 6.01. The Balaban J connectivity index is 1.42. The zero-order valence-corrected chi connectivity index (χ0v) is 14.7. The van der Waals surface area contributed by atoms with Crippen LogP contribution >= 0.6 is 0 Å². The van der Waals surface area contributed by atoms with Crippen molar-refractivity contribution in [2.75, 3.05) is 6.54 Å². The van der Waals surface area contributed by atoms with Gasteiger partial charge in [-0.25, -0.2) is 9.97 Å². The summed E-state index contributed by atoms with van der Waals surface area (Å²) in [6, 6.07) is 15.6. The highest BCUT2D eigenvalue weighted by Gasteiger charge is 2.29. The molecular formula is C21H21N5. The van der Waals surface area contributed by atoms with Gasteiger partial charge in [0.25, 0.3) is 0 Å². The van der Waals surface area contributed by atoms with E-state index in [2.05, 4.69) is 55.4 Å². The minimum Gasteiger partial charge on any atom is -0.326 e. The number of benzene rings is 2. The van der Waals surface area contributed by atoms with Crippen molar-refractivity contribution < 1.29 is 0 Å². The number of para-hydroxylation sites is 2. The average Bonchev–Trinajstić information content (AvgIpc) is 3.20. The van der Waals surface area contributed by atoms with Gasteiger partial charge in [-0.1, -0.05) is 18.6 Å². The largest absolute Gasteiger partial charge is 0.326 e. The van der Waals surface area contributed by atoms with Crippen LogP contribution in [0.15, 0.2) is 48.8 Å². The van der Waals surface area contributed by atoms with Crippen LogP contribution in [0.1, 0.15) is 25.1 Å². The smallest absolute Gasteiger partial charge is 0.124 e. The van der Waals surface area contributed by atoms with E-state index in [0.29, 0.717) is 0 Å². The van der Waals surface area contributed by atoms with Crippen molar-refractivity contribution in [3.05, 3.63) is 54.6 Å². The lowest BCUT2D eigenvalue weighted by molar-refractivity contribution is 0.0966. The van der Waals surface area contributed by atoms with E-state index in [4.69, 9.17) is 4.98 Å². The summed E-state index contributed by atoms with van der Waals surface area (Å²) >= 11 is 0. The number of fused-ring (bicyclic) bond motifs is 4. The molecule has 0 N–H and O–H groups in total. The molecular weight excluding hydrogens is 322 g/mol. The van der Waals surface area contributed by atoms with Crippen molar-refractivity contribution in [1.82, 2.24) is 24.0 Å². The summed E-state index contributed by atoms with van der Waals surface area (Å²) < 4.78 is 4.55. The van der Waals surface area contributed by atoms with Gasteiger partial charge in [-0.05, 0) is 43.2 Å². The molecule has 0 unspecified atom stereocenters. The van der Waals surface area contributed by atoms with E-state index in [1.54, 1.807) is 0 Å². The maximum absolute atomic E-state index is 4.98. The van der Waals surface area contributed by atoms with E-state index in [9.17, 15) is 0 Å². The Hall–Kier alpha value is -2.66. The van der Waals surface area contributed by atoms with Crippen LogP contribution < -0.4 is 0 Å². The van der Waals surface area contributed by atoms with E-state index in [0.717, 1.165) is 47.9 Å². The second-order valence-electron chi connectivity index (χ2n) is 7.51. The number of imidazole rings is 2. The van der Waals surface area contributed by atoms with E-state index in [-0.39, 0.29) is 0 Å². The highest BCUT2D eigenvalue weighted by Crippen LogP contribution is 2.30. The molecule has 0 bridgehead atoms. The fourth-order valence-corrected chi connectivity index (χ4v) is 4.41. The molecule has 3 heterocycles. The molecule has 5 nitrogen and oxygen atoms in total. The normalized spacial score (nSPS) is 18.3. The predicted octanol–water partition coefficient (Wildman–Crippen LogP) is 3.74. The van der Waals surface area contributed by atoms with Gasteiger partial charge in [-0.15, -0.1) is 0 Å². The van der Waals surface area contributed by atoms with Gasteiger partial charge in [0.15, 0.2) is 0 Å². The number of nitrogens with zero attached hydrogens (tertiary/aromatic N) is 5. The Labute approximate surface area is 151 Å². The first-order valence-corrected chi connectivity index (χ1v) is 9.52. The third-order valence-corrected chi connectivity index (χ3v) is 6.09. The highest BCUT2D eigenvalue weighted by molar-refractivity contribution is 5.82. The molecule has 1 aliphatic heterocycles. The number of rotatable bonds is 2. The number of aromatic nitrogens is 4. The molecule has 0 spiro atoms. The van der Waals surface area contributed by atoms with Gasteiger partial charge < -0.3 is 4.57 Å². The molecule has 26 heavy (non-hydrogen) atoms. The molecule has 1 aliphatic carbocycles. The van der Waals surface area contributed by atoms with Gasteiger partial charge in [0.1, 0.15) is 12.2 Å². The van der Waals surface area contributed by atoms with Gasteiger partial charge >= 0.3 is 0 Å². The summed E-state index contributed by atoms with van der Waals surface area (Å²) in [4.78, 5) is 12.1. The molecule has 1 fully saturated rings. The molecule has 2 aliphatic rings. The van der Waals surface area contributed by atoms with E-state index in [1.165, 1.54) is 30.6 Å². The van der Waals surface area contributed by atoms with Gasteiger partial charge in [0, 0.05) is 24.8 Å². The highest BCUT2D eigenvalue weighted by atomic mass is 15.3. The monoisotopic (exact) mass is 343 g/mol. The zero-order valence-electron chi connectivity index (χ0n) is 14.7. The maximum atomic E-state index is 4.98. The van der Waals surface area contributed by atoms with Gasteiger partial charge in [-0.3, -0.25) is 9.47 Å². The molecule has 4 aromatic rings. The SMILES string of the molecule is c1ccc2c(c1)ncn2-c1ccc2c(c1)nc1n2CCN(C2CCC2)C1. The molecule has 130 valence electrons. The lowest BCUT2D eigenvalue weighted by atomic mass is 9.91. The Morgan fingerprint density at radius 2 is 1.85 bits per heavy atom. The standard InChI is InChI=1S/C21H21N5/c1-2-7-19-17(6-1)22-14-26(19)16-8-9-20-18(12-16)23-21-13-24(10-11-25(20)21)15-4-3-5-15/h1-2,6-9,12,14-15H,3-5,10-11,13H2. The van der Waals surface area contributed by atoms with E-state index in [1.807, 2.05) is 12.4 Å². The van der Waals surface area contributed by atoms with Crippen molar-refractivity contribution in [3.8, 4) is 5.69 Å². The van der Waals surface area contributed by atoms with Crippen LogP contribution in [0.25, 0.3) is 27.8 Å². The molecule has 5 heteroatoms. The van der Waals surface area contributed by atoms with Gasteiger partial charge in [0.2, 0.25) is 0 Å². The molecule has 6 rings (SSSR count). The summed E-state index contributed by atoms with van der Waals surface area (Å²) in [5, 5.41) is 0. The summed E-state index contributed by atoms with van der Waals surface area (Å²) in [5.74, 6) is 1.21. The van der Waals surface area contributed by atoms with Crippen LogP contribution in [0.2, 0.25) is 0 Å². The van der Waals surface area contributed by atoms with Crippen molar-refractivity contribution in [3.63, 3.8) is 0 Å². The Morgan fingerprint density at radius 3 is 2.73 bits per heavy atom. The Morgan fingerprint density at radius 1 is 0.923 bits per heavy atom. The van der Waals surface area contributed by atoms with Crippen LogP contribution in [0.5, 0.6) is 0 Å². The van der Waals surface area contributed by atoms with Crippen LogP contribution in [-0.4, -0.2) is 36.6 Å². The van der Waals surface area contributed by atoms with Crippen LogP contribution in [0.3, 0.4) is 0 Å². The lowest BCUT2D eigenvalue weighted by Gasteiger charge is -2.39. The zero-order chi connectivity index (χ0) is 17.1. The van der Waals surface area contributed by atoms with Crippen LogP contribution in [0.4, 0.5) is 0 Å². The Bertz CT molecular complexity index is 1120. The van der Waals surface area contributed by atoms with Crippen molar-refractivity contribution in [1.29, 1.82) is 0 Å². The van der Waals surface area contributed by atoms with E-state index < -0.39 is 0 Å². The number of hydrogen-bond donors (Lipinski definition) is 0. The molecule has 0 saturated heterocycles. The average molecular weight is 343 g/mol. The third kappa shape index (κ3) is 2.07. The second kappa shape index (κ2) is 5.42. The molecule has 0 atom stereocenters. The topological polar surface area (TPSA) is 38.9 Å². The van der Waals surface area contributed by atoms with Crippen molar-refractivity contribution >= 4 is 22.1 Å². The first-order valence-electron chi connectivity index (χ1n) is 9.52. The van der Waals surface area contributed by atoms with Crippen molar-refractivity contribution in [2.24, 2.45) is 0 Å². The first kappa shape index (κ1) is 14.5. The summed E-state index contributed by atoms with van der Waals surface area (Å²) in [5.41, 5.74) is 5.62. The number of hydrogen-bond acceptors (Lipinski definition) is 3. The molecule has 0 radical (unpaired) electrons. The second-order valence-corrected chi connectivity index (χ2v) is 7.51. The summed E-state index contributed by atoms with van der Waals surface area (Å²) in [7, 11) is 0. The minimum absolute atomic E-state index is 0.788. The van der Waals surface area contributed by atoms with Crippen molar-refractivity contribution in [2.45, 2.75) is 38.4 Å². The Kier molecular flexibility index (Phi) is 3.02. The molecule has 2 aromatic carbocycles. The quantitative estimate of drug-likeness (QED) is 0.556. The van der Waals surface area contributed by atoms with Crippen LogP contribution in [-0.2, 0) is 13.1 Å². The minimum atomic E-state index is 0.788.